The van der Waals surface area contributed by atoms with Crippen molar-refractivity contribution in [3.63, 3.8) is 0 Å². The number of alkyl halides is 3. The number of halogens is 4. The van der Waals surface area contributed by atoms with Crippen LogP contribution in [0.15, 0.2) is 5.57 Å². The molecule has 0 spiro atoms. The normalized spacial score (nSPS) is 30.9. The zero-order valence-electron chi connectivity index (χ0n) is 19.6. The highest BCUT2D eigenvalue weighted by Gasteiger charge is 2.57. The maximum absolute atomic E-state index is 14.3. The molecule has 3 fully saturated rings. The number of aromatic nitrogens is 2. The number of aliphatic hydroxyl groups excluding tert-OH is 1. The van der Waals surface area contributed by atoms with Crippen molar-refractivity contribution in [2.75, 3.05) is 13.1 Å². The first kappa shape index (κ1) is 24.6. The predicted octanol–water partition coefficient (Wildman–Crippen LogP) is 3.95. The Balaban J connectivity index is 1.42. The van der Waals surface area contributed by atoms with Gasteiger partial charge in [0.2, 0.25) is 11.8 Å². The van der Waals surface area contributed by atoms with E-state index in [4.69, 9.17) is 11.6 Å². The predicted molar refractivity (Wildman–Crippen MR) is 122 cm³/mol. The number of nitrogens with one attached hydrogen (secondary N) is 1. The number of fused-ring (bicyclic) bond motifs is 1. The first-order chi connectivity index (χ1) is 16.5. The van der Waals surface area contributed by atoms with Gasteiger partial charge in [-0.3, -0.25) is 9.59 Å². The number of amides is 2. The zero-order chi connectivity index (χ0) is 25.1. The summed E-state index contributed by atoms with van der Waals surface area (Å²) in [5, 5.41) is 18.4. The Morgan fingerprint density at radius 3 is 2.63 bits per heavy atom. The smallest absolute Gasteiger partial charge is 0.386 e. The average Bonchev–Trinajstić information content (AvgIpc) is 3.46. The molecule has 7 nitrogen and oxygen atoms in total. The van der Waals surface area contributed by atoms with Crippen molar-refractivity contribution in [1.82, 2.24) is 20.0 Å². The van der Waals surface area contributed by atoms with Crippen LogP contribution in [-0.2, 0) is 15.1 Å². The summed E-state index contributed by atoms with van der Waals surface area (Å²) < 4.78 is 43.7. The third kappa shape index (κ3) is 4.37. The van der Waals surface area contributed by atoms with E-state index in [1.165, 1.54) is 0 Å². The third-order valence-corrected chi connectivity index (χ3v) is 8.47. The lowest BCUT2D eigenvalue weighted by atomic mass is 9.86. The van der Waals surface area contributed by atoms with E-state index in [1.54, 1.807) is 11.0 Å². The van der Waals surface area contributed by atoms with E-state index in [-0.39, 0.29) is 58.9 Å². The minimum atomic E-state index is -4.54. The van der Waals surface area contributed by atoms with Crippen molar-refractivity contribution in [1.29, 1.82) is 0 Å². The molecule has 4 unspecified atom stereocenters. The van der Waals surface area contributed by atoms with Gasteiger partial charge in [0, 0.05) is 32.4 Å². The molecule has 0 aromatic carbocycles. The molecule has 4 atom stereocenters. The summed E-state index contributed by atoms with van der Waals surface area (Å²) in [6.45, 7) is 1.90. The lowest BCUT2D eigenvalue weighted by Crippen LogP contribution is -2.48. The largest absolute Gasteiger partial charge is 0.413 e. The van der Waals surface area contributed by atoms with Gasteiger partial charge in [-0.2, -0.15) is 18.3 Å². The molecule has 1 saturated carbocycles. The molecule has 5 rings (SSSR count). The monoisotopic (exact) mass is 514 g/mol. The van der Waals surface area contributed by atoms with E-state index in [1.807, 2.05) is 0 Å². The van der Waals surface area contributed by atoms with Gasteiger partial charge < -0.3 is 15.3 Å². The first-order valence-corrected chi connectivity index (χ1v) is 12.7. The van der Waals surface area contributed by atoms with E-state index < -0.39 is 17.8 Å². The first-order valence-electron chi connectivity index (χ1n) is 12.3. The van der Waals surface area contributed by atoms with E-state index in [0.717, 1.165) is 30.0 Å². The van der Waals surface area contributed by atoms with Gasteiger partial charge in [-0.15, -0.1) is 0 Å². The van der Waals surface area contributed by atoms with Crippen LogP contribution in [-0.4, -0.2) is 56.9 Å². The number of hydrogen-bond acceptors (Lipinski definition) is 4. The summed E-state index contributed by atoms with van der Waals surface area (Å²) in [5.74, 6) is -0.290. The minimum absolute atomic E-state index is 0.0198. The molecule has 1 aromatic heterocycles. The Labute approximate surface area is 206 Å². The van der Waals surface area contributed by atoms with Crippen molar-refractivity contribution in [3.8, 4) is 0 Å². The SMILES string of the molecule is CC1(C(F)(F)F)CC(C2CC2)=Cc2c(Cl)c(C(O)C3CCCC(=O)N(C4CNC(=O)C4)CC3)nn21. The topological polar surface area (TPSA) is 87.5 Å². The van der Waals surface area contributed by atoms with Gasteiger partial charge in [-0.25, -0.2) is 4.68 Å². The molecule has 2 N–H and O–H groups in total. The lowest BCUT2D eigenvalue weighted by molar-refractivity contribution is -0.213. The molecule has 1 aliphatic carbocycles. The lowest BCUT2D eigenvalue weighted by Gasteiger charge is -2.37. The summed E-state index contributed by atoms with van der Waals surface area (Å²) in [4.78, 5) is 26.0. The molecule has 35 heavy (non-hydrogen) atoms. The summed E-state index contributed by atoms with van der Waals surface area (Å²) >= 11 is 6.60. The molecule has 0 radical (unpaired) electrons. The van der Waals surface area contributed by atoms with E-state index in [2.05, 4.69) is 10.4 Å². The Morgan fingerprint density at radius 1 is 1.26 bits per heavy atom. The number of carbonyl (C=O) groups excluding carboxylic acids is 2. The maximum atomic E-state index is 14.3. The second kappa shape index (κ2) is 8.80. The highest BCUT2D eigenvalue weighted by molar-refractivity contribution is 6.32. The van der Waals surface area contributed by atoms with Crippen LogP contribution < -0.4 is 5.32 Å². The van der Waals surface area contributed by atoms with E-state index in [0.29, 0.717) is 38.8 Å². The van der Waals surface area contributed by atoms with Gasteiger partial charge in [0.15, 0.2) is 5.54 Å². The average molecular weight is 515 g/mol. The van der Waals surface area contributed by atoms with Gasteiger partial charge in [0.1, 0.15) is 11.8 Å². The second-order valence-corrected chi connectivity index (χ2v) is 11.0. The fourth-order valence-corrected chi connectivity index (χ4v) is 6.01. The van der Waals surface area contributed by atoms with Crippen molar-refractivity contribution < 1.29 is 27.9 Å². The molecule has 0 bridgehead atoms. The number of allylic oxidation sites excluding steroid dienone is 1. The molecule has 1 aromatic rings. The Morgan fingerprint density at radius 2 is 2.00 bits per heavy atom. The van der Waals surface area contributed by atoms with Gasteiger partial charge >= 0.3 is 6.18 Å². The Kier molecular flexibility index (Phi) is 6.19. The molecule has 192 valence electrons. The number of aliphatic hydroxyl groups is 1. The van der Waals surface area contributed by atoms with Gasteiger partial charge in [-0.05, 0) is 56.9 Å². The summed E-state index contributed by atoms with van der Waals surface area (Å²) in [5.41, 5.74) is -1.23. The molecule has 4 heterocycles. The highest BCUT2D eigenvalue weighted by Crippen LogP contribution is 2.52. The van der Waals surface area contributed by atoms with Gasteiger partial charge in [0.05, 0.1) is 16.8 Å². The molecular weight excluding hydrogens is 485 g/mol. The van der Waals surface area contributed by atoms with Crippen LogP contribution in [0.3, 0.4) is 0 Å². The van der Waals surface area contributed by atoms with E-state index in [9.17, 15) is 27.9 Å². The third-order valence-electron chi connectivity index (χ3n) is 8.09. The number of likely N-dealkylation sites (tertiary alicyclic amines) is 1. The molecule has 2 amide bonds. The Hall–Kier alpha value is -2.07. The Bertz CT molecular complexity index is 1070. The quantitative estimate of drug-likeness (QED) is 0.637. The van der Waals surface area contributed by atoms with Crippen LogP contribution in [0.25, 0.3) is 6.08 Å². The summed E-state index contributed by atoms with van der Waals surface area (Å²) in [7, 11) is 0. The molecule has 4 aliphatic rings. The molecule has 2 saturated heterocycles. The second-order valence-electron chi connectivity index (χ2n) is 10.6. The van der Waals surface area contributed by atoms with Crippen molar-refractivity contribution in [3.05, 3.63) is 22.0 Å². The van der Waals surface area contributed by atoms with Gasteiger partial charge in [-0.1, -0.05) is 17.2 Å². The summed E-state index contributed by atoms with van der Waals surface area (Å²) in [6, 6.07) is -0.215. The number of hydrogen-bond donors (Lipinski definition) is 2. The fraction of sp³-hybridized carbons (Fsp3) is 0.708. The standard InChI is InChI=1S/C24H30ClF3N4O3/c1-23(24(26,27)28)11-15(13-5-6-13)9-17-20(25)21(30-32(17)23)22(35)14-3-2-4-19(34)31(8-7-14)16-10-18(33)29-12-16/h9,13-14,16,22,35H,2-8,10-12H2,1H3,(H,29,33). The van der Waals surface area contributed by atoms with Crippen LogP contribution >= 0.6 is 11.6 Å². The number of rotatable bonds is 4. The van der Waals surface area contributed by atoms with Crippen molar-refractivity contribution in [2.45, 2.75) is 82.2 Å². The van der Waals surface area contributed by atoms with Crippen molar-refractivity contribution in [2.24, 2.45) is 11.8 Å². The fourth-order valence-electron chi connectivity index (χ4n) is 5.72. The van der Waals surface area contributed by atoms with Crippen LogP contribution in [0.4, 0.5) is 13.2 Å². The van der Waals surface area contributed by atoms with Crippen LogP contribution in [0, 0.1) is 11.8 Å². The van der Waals surface area contributed by atoms with Crippen molar-refractivity contribution >= 4 is 29.5 Å². The highest BCUT2D eigenvalue weighted by atomic mass is 35.5. The van der Waals surface area contributed by atoms with Gasteiger partial charge in [0.25, 0.3) is 0 Å². The number of nitrogens with zero attached hydrogens (tertiary/aromatic N) is 3. The zero-order valence-corrected chi connectivity index (χ0v) is 20.3. The number of carbonyl (C=O) groups is 2. The van der Waals surface area contributed by atoms with Crippen LogP contribution in [0.2, 0.25) is 5.02 Å². The minimum Gasteiger partial charge on any atom is -0.386 e. The molecular formula is C24H30ClF3N4O3. The van der Waals surface area contributed by atoms with Crippen LogP contribution in [0.5, 0.6) is 0 Å². The molecule has 11 heteroatoms. The summed E-state index contributed by atoms with van der Waals surface area (Å²) in [6.07, 6.45) is -0.350. The molecule has 3 aliphatic heterocycles. The van der Waals surface area contributed by atoms with E-state index >= 15 is 0 Å². The van der Waals surface area contributed by atoms with Crippen LogP contribution in [0.1, 0.15) is 75.8 Å². The maximum Gasteiger partial charge on any atom is 0.413 e.